The van der Waals surface area contributed by atoms with Crippen molar-refractivity contribution in [2.75, 3.05) is 5.32 Å². The third-order valence-electron chi connectivity index (χ3n) is 5.70. The van der Waals surface area contributed by atoms with E-state index < -0.39 is 0 Å². The third-order valence-corrected chi connectivity index (χ3v) is 6.63. The lowest BCUT2D eigenvalue weighted by molar-refractivity contribution is 0.0935. The van der Waals surface area contributed by atoms with Gasteiger partial charge in [-0.3, -0.25) is 24.4 Å². The van der Waals surface area contributed by atoms with Crippen molar-refractivity contribution in [2.45, 2.75) is 19.4 Å². The highest BCUT2D eigenvalue weighted by atomic mass is 32.1. The number of benzene rings is 1. The quantitative estimate of drug-likeness (QED) is 0.313. The van der Waals surface area contributed by atoms with Crippen molar-refractivity contribution in [2.24, 2.45) is 7.05 Å². The number of aryl methyl sites for hydroxylation is 1. The van der Waals surface area contributed by atoms with Crippen LogP contribution in [0.5, 0.6) is 0 Å². The zero-order valence-corrected chi connectivity index (χ0v) is 20.0. The fraction of sp³-hybridized carbons (Fsp3) is 0.160. The summed E-state index contributed by atoms with van der Waals surface area (Å²) in [7, 11) is 1.79. The Labute approximate surface area is 205 Å². The second kappa shape index (κ2) is 9.51. The summed E-state index contributed by atoms with van der Waals surface area (Å²) in [5.74, 6) is -0.345. The van der Waals surface area contributed by atoms with Crippen LogP contribution in [0.1, 0.15) is 45.0 Å². The van der Waals surface area contributed by atoms with E-state index in [1.54, 1.807) is 48.8 Å². The van der Waals surface area contributed by atoms with Crippen molar-refractivity contribution in [1.82, 2.24) is 30.3 Å². The topological polar surface area (TPSA) is 118 Å². The molecule has 3 N–H and O–H groups in total. The Morgan fingerprint density at radius 1 is 1.09 bits per heavy atom. The molecule has 0 aliphatic heterocycles. The van der Waals surface area contributed by atoms with Crippen molar-refractivity contribution in [3.8, 4) is 11.1 Å². The van der Waals surface area contributed by atoms with E-state index in [9.17, 15) is 9.59 Å². The fourth-order valence-electron chi connectivity index (χ4n) is 3.84. The van der Waals surface area contributed by atoms with Gasteiger partial charge in [-0.25, -0.2) is 0 Å². The molecular weight excluding hydrogens is 462 g/mol. The Morgan fingerprint density at radius 2 is 1.97 bits per heavy atom. The lowest BCUT2D eigenvalue weighted by Gasteiger charge is -2.18. The van der Waals surface area contributed by atoms with E-state index in [0.717, 1.165) is 27.6 Å². The van der Waals surface area contributed by atoms with E-state index >= 15 is 0 Å². The molecule has 2 amide bonds. The minimum absolute atomic E-state index is 0.157. The zero-order chi connectivity index (χ0) is 24.4. The largest absolute Gasteiger partial charge is 0.345 e. The number of aromatic nitrogens is 5. The van der Waals surface area contributed by atoms with Crippen molar-refractivity contribution in [3.63, 3.8) is 0 Å². The van der Waals surface area contributed by atoms with E-state index in [2.05, 4.69) is 30.9 Å². The SMILES string of the molecule is CCC(NC(=O)c1ccc2[nH]ncc2c1)c1cncc(-c2csc(C(=O)Nc3cnn(C)c3)c2)c1. The predicted molar refractivity (Wildman–Crippen MR) is 135 cm³/mol. The normalized spacial score (nSPS) is 11.9. The number of carbonyl (C=O) groups excluding carboxylic acids is 2. The Bertz CT molecular complexity index is 1520. The highest BCUT2D eigenvalue weighted by Gasteiger charge is 2.17. The maximum absolute atomic E-state index is 12.9. The number of thiophene rings is 1. The summed E-state index contributed by atoms with van der Waals surface area (Å²) in [5, 5.41) is 19.7. The lowest BCUT2D eigenvalue weighted by atomic mass is 10.0. The number of amides is 2. The van der Waals surface area contributed by atoms with Gasteiger partial charge < -0.3 is 10.6 Å². The van der Waals surface area contributed by atoms with Gasteiger partial charge in [0.2, 0.25) is 0 Å². The highest BCUT2D eigenvalue weighted by Crippen LogP contribution is 2.28. The molecule has 5 aromatic rings. The van der Waals surface area contributed by atoms with Gasteiger partial charge in [-0.15, -0.1) is 11.3 Å². The first-order valence-electron chi connectivity index (χ1n) is 11.1. The predicted octanol–water partition coefficient (Wildman–Crippen LogP) is 4.55. The number of hydrogen-bond donors (Lipinski definition) is 3. The first-order valence-corrected chi connectivity index (χ1v) is 12.0. The molecule has 176 valence electrons. The van der Waals surface area contributed by atoms with Crippen molar-refractivity contribution < 1.29 is 9.59 Å². The van der Waals surface area contributed by atoms with Crippen molar-refractivity contribution in [3.05, 3.63) is 82.7 Å². The fourth-order valence-corrected chi connectivity index (χ4v) is 4.65. The van der Waals surface area contributed by atoms with E-state index in [1.165, 1.54) is 11.3 Å². The number of pyridine rings is 1. The van der Waals surface area contributed by atoms with Gasteiger partial charge in [0, 0.05) is 42.2 Å². The molecule has 0 radical (unpaired) electrons. The minimum atomic E-state index is -0.206. The summed E-state index contributed by atoms with van der Waals surface area (Å²) in [5.41, 5.74) is 4.78. The molecule has 0 fully saturated rings. The van der Waals surface area contributed by atoms with Gasteiger partial charge in [0.1, 0.15) is 0 Å². The average Bonchev–Trinajstić information content (AvgIpc) is 3.63. The summed E-state index contributed by atoms with van der Waals surface area (Å²) >= 11 is 1.36. The molecular formula is C25H23N7O2S. The molecule has 0 spiro atoms. The van der Waals surface area contributed by atoms with Crippen LogP contribution in [0, 0.1) is 0 Å². The molecule has 0 bridgehead atoms. The van der Waals surface area contributed by atoms with Crippen LogP contribution in [0.4, 0.5) is 5.69 Å². The Hall–Kier alpha value is -4.31. The number of H-pyrrole nitrogens is 1. The molecule has 0 saturated carbocycles. The van der Waals surface area contributed by atoms with Crippen LogP contribution in [-0.2, 0) is 7.05 Å². The molecule has 0 aliphatic rings. The van der Waals surface area contributed by atoms with Gasteiger partial charge in [0.05, 0.1) is 34.5 Å². The molecule has 0 saturated heterocycles. The molecule has 5 rings (SSSR count). The Morgan fingerprint density at radius 3 is 2.77 bits per heavy atom. The third kappa shape index (κ3) is 4.82. The van der Waals surface area contributed by atoms with E-state index in [-0.39, 0.29) is 17.9 Å². The maximum Gasteiger partial charge on any atom is 0.265 e. The number of hydrogen-bond acceptors (Lipinski definition) is 6. The van der Waals surface area contributed by atoms with E-state index in [0.29, 0.717) is 22.5 Å². The standard InChI is InChI=1S/C25H23N7O2S/c1-3-21(30-24(33)15-4-5-22-18(6-15)11-27-31-22)17-7-16(9-26-10-17)19-8-23(35-14-19)25(34)29-20-12-28-32(2)13-20/h4-14,21H,3H2,1-2H3,(H,27,31)(H,29,34)(H,30,33). The smallest absolute Gasteiger partial charge is 0.265 e. The number of fused-ring (bicyclic) bond motifs is 1. The zero-order valence-electron chi connectivity index (χ0n) is 19.1. The number of anilines is 1. The number of aromatic amines is 1. The molecule has 9 nitrogen and oxygen atoms in total. The van der Waals surface area contributed by atoms with Crippen LogP contribution in [0.2, 0.25) is 0 Å². The van der Waals surface area contributed by atoms with Crippen LogP contribution in [0.15, 0.2) is 66.7 Å². The summed E-state index contributed by atoms with van der Waals surface area (Å²) < 4.78 is 1.63. The van der Waals surface area contributed by atoms with Gasteiger partial charge >= 0.3 is 0 Å². The van der Waals surface area contributed by atoms with Crippen LogP contribution >= 0.6 is 11.3 Å². The van der Waals surface area contributed by atoms with Crippen LogP contribution in [-0.4, -0.2) is 36.8 Å². The Kier molecular flexibility index (Phi) is 6.11. The summed E-state index contributed by atoms with van der Waals surface area (Å²) in [6.07, 6.45) is 9.27. The first-order chi connectivity index (χ1) is 17.0. The maximum atomic E-state index is 12.9. The lowest BCUT2D eigenvalue weighted by Crippen LogP contribution is -2.28. The number of nitrogens with one attached hydrogen (secondary N) is 3. The van der Waals surface area contributed by atoms with Crippen molar-refractivity contribution >= 4 is 39.7 Å². The van der Waals surface area contributed by atoms with Gasteiger partial charge in [0.15, 0.2) is 0 Å². The molecule has 35 heavy (non-hydrogen) atoms. The number of carbonyl (C=O) groups is 2. The summed E-state index contributed by atoms with van der Waals surface area (Å²) in [6, 6.07) is 9.09. The molecule has 1 unspecified atom stereocenters. The van der Waals surface area contributed by atoms with Crippen molar-refractivity contribution in [1.29, 1.82) is 0 Å². The average molecular weight is 486 g/mol. The van der Waals surface area contributed by atoms with Crippen LogP contribution < -0.4 is 10.6 Å². The van der Waals surface area contributed by atoms with Crippen LogP contribution in [0.3, 0.4) is 0 Å². The Balaban J connectivity index is 1.32. The second-order valence-corrected chi connectivity index (χ2v) is 9.08. The highest BCUT2D eigenvalue weighted by molar-refractivity contribution is 7.12. The number of rotatable bonds is 7. The molecule has 4 heterocycles. The monoisotopic (exact) mass is 485 g/mol. The number of nitrogens with zero attached hydrogens (tertiary/aromatic N) is 4. The molecule has 1 atom stereocenters. The van der Waals surface area contributed by atoms with E-state index in [4.69, 9.17) is 0 Å². The van der Waals surface area contributed by atoms with Gasteiger partial charge in [0.25, 0.3) is 11.8 Å². The molecule has 10 heteroatoms. The molecule has 4 aromatic heterocycles. The van der Waals surface area contributed by atoms with Crippen LogP contribution in [0.25, 0.3) is 22.0 Å². The summed E-state index contributed by atoms with van der Waals surface area (Å²) in [4.78, 5) is 30.5. The molecule has 0 aliphatic carbocycles. The summed E-state index contributed by atoms with van der Waals surface area (Å²) in [6.45, 7) is 2.02. The molecule has 1 aromatic carbocycles. The minimum Gasteiger partial charge on any atom is -0.345 e. The van der Waals surface area contributed by atoms with Gasteiger partial charge in [-0.1, -0.05) is 6.92 Å². The second-order valence-electron chi connectivity index (χ2n) is 8.17. The van der Waals surface area contributed by atoms with E-state index in [1.807, 2.05) is 36.6 Å². The first kappa shape index (κ1) is 22.5. The van der Waals surface area contributed by atoms with Gasteiger partial charge in [-0.05, 0) is 53.3 Å². The van der Waals surface area contributed by atoms with Gasteiger partial charge in [-0.2, -0.15) is 10.2 Å².